The lowest BCUT2D eigenvalue weighted by Gasteiger charge is -2.33. The van der Waals surface area contributed by atoms with Gasteiger partial charge in [-0.1, -0.05) is 29.3 Å². The van der Waals surface area contributed by atoms with Crippen molar-refractivity contribution in [3.8, 4) is 11.1 Å². The molecule has 5 rings (SSSR count). The van der Waals surface area contributed by atoms with Crippen molar-refractivity contribution in [2.45, 2.75) is 19.2 Å². The third-order valence-electron chi connectivity index (χ3n) is 5.35. The zero-order valence-electron chi connectivity index (χ0n) is 15.0. The van der Waals surface area contributed by atoms with Crippen LogP contribution in [-0.4, -0.2) is 58.0 Å². The van der Waals surface area contributed by atoms with Gasteiger partial charge in [0.25, 0.3) is 5.91 Å². The molecule has 1 aromatic carbocycles. The molecule has 1 atom stereocenters. The van der Waals surface area contributed by atoms with Crippen molar-refractivity contribution >= 4 is 40.0 Å². The molecule has 2 aliphatic rings. The number of nitrogens with zero attached hydrogens (tertiary/aromatic N) is 3. The maximum Gasteiger partial charge on any atom is 0.254 e. The van der Waals surface area contributed by atoms with E-state index in [0.29, 0.717) is 49.5 Å². The van der Waals surface area contributed by atoms with Gasteiger partial charge in [-0.3, -0.25) is 9.89 Å². The molecule has 0 saturated carbocycles. The van der Waals surface area contributed by atoms with E-state index >= 15 is 0 Å². The van der Waals surface area contributed by atoms with E-state index in [4.69, 9.17) is 32.7 Å². The third-order valence-corrected chi connectivity index (χ3v) is 6.14. The van der Waals surface area contributed by atoms with Crippen molar-refractivity contribution < 1.29 is 14.3 Å². The number of hydrogen-bond acceptors (Lipinski definition) is 4. The Bertz CT molecular complexity index is 1040. The highest BCUT2D eigenvalue weighted by Gasteiger charge is 2.33. The second-order valence-electron chi connectivity index (χ2n) is 6.91. The molecule has 2 aliphatic heterocycles. The highest BCUT2D eigenvalue weighted by molar-refractivity contribution is 6.45. The summed E-state index contributed by atoms with van der Waals surface area (Å²) in [6, 6.07) is 3.78. The summed E-state index contributed by atoms with van der Waals surface area (Å²) in [6.45, 7) is 2.93. The molecule has 0 aliphatic carbocycles. The molecule has 7 nitrogen and oxygen atoms in total. The Morgan fingerprint density at radius 1 is 1.25 bits per heavy atom. The summed E-state index contributed by atoms with van der Waals surface area (Å²) in [5.41, 5.74) is 3.87. The number of amides is 1. The van der Waals surface area contributed by atoms with Crippen LogP contribution in [0.5, 0.6) is 0 Å². The summed E-state index contributed by atoms with van der Waals surface area (Å²) in [5, 5.41) is 8.99. The Morgan fingerprint density at radius 3 is 2.89 bits per heavy atom. The highest BCUT2D eigenvalue weighted by atomic mass is 35.5. The number of hydrogen-bond donors (Lipinski definition) is 1. The molecule has 1 fully saturated rings. The topological polar surface area (TPSA) is 72.4 Å². The van der Waals surface area contributed by atoms with Crippen LogP contribution in [0.3, 0.4) is 0 Å². The van der Waals surface area contributed by atoms with E-state index in [1.54, 1.807) is 12.3 Å². The Balaban J connectivity index is 1.61. The minimum absolute atomic E-state index is 0.0431. The van der Waals surface area contributed by atoms with Crippen LogP contribution < -0.4 is 0 Å². The fourth-order valence-electron chi connectivity index (χ4n) is 4.05. The van der Waals surface area contributed by atoms with Gasteiger partial charge in [0.05, 0.1) is 48.1 Å². The Morgan fingerprint density at radius 2 is 2.14 bits per heavy atom. The van der Waals surface area contributed by atoms with Gasteiger partial charge < -0.3 is 18.9 Å². The monoisotopic (exact) mass is 420 g/mol. The lowest BCUT2D eigenvalue weighted by atomic mass is 10.0. The molecule has 0 radical (unpaired) electrons. The van der Waals surface area contributed by atoms with E-state index in [1.165, 1.54) is 0 Å². The molecule has 0 spiro atoms. The maximum atomic E-state index is 12.9. The first-order valence-electron chi connectivity index (χ1n) is 9.11. The molecular weight excluding hydrogens is 403 g/mol. The molecule has 28 heavy (non-hydrogen) atoms. The summed E-state index contributed by atoms with van der Waals surface area (Å²) < 4.78 is 13.2. The predicted molar refractivity (Wildman–Crippen MR) is 106 cm³/mol. The van der Waals surface area contributed by atoms with Crippen molar-refractivity contribution in [1.82, 2.24) is 19.7 Å². The van der Waals surface area contributed by atoms with Crippen molar-refractivity contribution in [3.63, 3.8) is 0 Å². The molecule has 1 saturated heterocycles. The molecule has 1 amide bonds. The zero-order valence-corrected chi connectivity index (χ0v) is 16.5. The van der Waals surface area contributed by atoms with Gasteiger partial charge >= 0.3 is 0 Å². The van der Waals surface area contributed by atoms with Crippen molar-refractivity contribution in [2.75, 3.05) is 26.4 Å². The standard InChI is InChI=1S/C19H18Cl2N4O3/c20-13-2-1-12-16(11-7-22-23-8-11)14-9-24(3-4-25(14)18(12)17(13)21)19(26)15-10-27-5-6-28-15/h1-2,7-8,15H,3-6,9-10H2,(H,22,23)/t15-/m1/s1. The predicted octanol–water partition coefficient (Wildman–Crippen LogP) is 3.10. The SMILES string of the molecule is O=C([C@H]1COCCO1)N1CCn2c(c(-c3cn[nH]c3)c3ccc(Cl)c(Cl)c32)C1. The van der Waals surface area contributed by atoms with E-state index in [9.17, 15) is 4.79 Å². The number of aromatic amines is 1. The number of halogens is 2. The molecule has 1 N–H and O–H groups in total. The van der Waals surface area contributed by atoms with Crippen LogP contribution in [0.4, 0.5) is 0 Å². The fraction of sp³-hybridized carbons (Fsp3) is 0.368. The number of benzene rings is 1. The van der Waals surface area contributed by atoms with Crippen molar-refractivity contribution in [1.29, 1.82) is 0 Å². The summed E-state index contributed by atoms with van der Waals surface area (Å²) in [6.07, 6.45) is 3.08. The highest BCUT2D eigenvalue weighted by Crippen LogP contribution is 2.42. The number of nitrogens with one attached hydrogen (secondary N) is 1. The number of aromatic nitrogens is 3. The average molecular weight is 421 g/mol. The molecule has 9 heteroatoms. The van der Waals surface area contributed by atoms with Crippen LogP contribution in [0.2, 0.25) is 10.0 Å². The van der Waals surface area contributed by atoms with Gasteiger partial charge in [0, 0.05) is 41.5 Å². The lowest BCUT2D eigenvalue weighted by molar-refractivity contribution is -0.159. The zero-order chi connectivity index (χ0) is 19.3. The van der Waals surface area contributed by atoms with E-state index in [-0.39, 0.29) is 5.91 Å². The Labute approximate surface area is 171 Å². The fourth-order valence-corrected chi connectivity index (χ4v) is 4.47. The third kappa shape index (κ3) is 2.81. The van der Waals surface area contributed by atoms with Crippen molar-refractivity contribution in [3.05, 3.63) is 40.3 Å². The average Bonchev–Trinajstić information content (AvgIpc) is 3.36. The van der Waals surface area contributed by atoms with E-state index < -0.39 is 6.10 Å². The number of rotatable bonds is 2. The number of ether oxygens (including phenoxy) is 2. The summed E-state index contributed by atoms with van der Waals surface area (Å²) in [7, 11) is 0. The van der Waals surface area contributed by atoms with E-state index in [2.05, 4.69) is 14.8 Å². The number of carbonyl (C=O) groups excluding carboxylic acids is 1. The lowest BCUT2D eigenvalue weighted by Crippen LogP contribution is -2.47. The first kappa shape index (κ1) is 18.0. The van der Waals surface area contributed by atoms with Gasteiger partial charge in [-0.2, -0.15) is 5.10 Å². The molecular formula is C19H18Cl2N4O3. The molecule has 3 aromatic rings. The molecule has 4 heterocycles. The molecule has 146 valence electrons. The number of H-pyrrole nitrogens is 1. The number of fused-ring (bicyclic) bond motifs is 3. The first-order chi connectivity index (χ1) is 13.6. The van der Waals surface area contributed by atoms with Crippen molar-refractivity contribution in [2.24, 2.45) is 0 Å². The summed E-state index contributed by atoms with van der Waals surface area (Å²) in [5.74, 6) is -0.0431. The second-order valence-corrected chi connectivity index (χ2v) is 7.70. The largest absolute Gasteiger partial charge is 0.376 e. The van der Waals surface area contributed by atoms with Crippen LogP contribution in [0.25, 0.3) is 22.0 Å². The summed E-state index contributed by atoms with van der Waals surface area (Å²) >= 11 is 12.9. The van der Waals surface area contributed by atoms with Gasteiger partial charge in [0.15, 0.2) is 6.10 Å². The first-order valence-corrected chi connectivity index (χ1v) is 9.87. The molecule has 0 bridgehead atoms. The van der Waals surface area contributed by atoms with Gasteiger partial charge in [-0.05, 0) is 6.07 Å². The Hall–Kier alpha value is -2.06. The van der Waals surface area contributed by atoms with Crippen LogP contribution in [0.1, 0.15) is 5.69 Å². The Kier molecular flexibility index (Phi) is 4.55. The smallest absolute Gasteiger partial charge is 0.254 e. The van der Waals surface area contributed by atoms with Gasteiger partial charge in [-0.15, -0.1) is 0 Å². The van der Waals surface area contributed by atoms with E-state index in [0.717, 1.165) is 27.7 Å². The minimum atomic E-state index is -0.542. The summed E-state index contributed by atoms with van der Waals surface area (Å²) in [4.78, 5) is 14.8. The molecule has 2 aromatic heterocycles. The van der Waals surface area contributed by atoms with Gasteiger partial charge in [-0.25, -0.2) is 0 Å². The van der Waals surface area contributed by atoms with Gasteiger partial charge in [0.2, 0.25) is 0 Å². The minimum Gasteiger partial charge on any atom is -0.376 e. The van der Waals surface area contributed by atoms with Crippen LogP contribution in [0, 0.1) is 0 Å². The van der Waals surface area contributed by atoms with Crippen LogP contribution in [0.15, 0.2) is 24.5 Å². The van der Waals surface area contributed by atoms with Gasteiger partial charge in [0.1, 0.15) is 0 Å². The van der Waals surface area contributed by atoms with Crippen LogP contribution in [-0.2, 0) is 27.4 Å². The molecule has 0 unspecified atom stereocenters. The second kappa shape index (κ2) is 7.08. The number of carbonyl (C=O) groups is 1. The van der Waals surface area contributed by atoms with E-state index in [1.807, 2.05) is 17.2 Å². The quantitative estimate of drug-likeness (QED) is 0.691. The maximum absolute atomic E-state index is 12.9. The van der Waals surface area contributed by atoms with Crippen LogP contribution >= 0.6 is 23.2 Å². The normalized spacial score (nSPS) is 19.8.